The van der Waals surface area contributed by atoms with Crippen LogP contribution in [0.15, 0.2) is 60.7 Å². The van der Waals surface area contributed by atoms with Crippen LogP contribution >= 0.6 is 12.4 Å². The molecule has 2 aliphatic rings. The van der Waals surface area contributed by atoms with E-state index in [0.717, 1.165) is 43.2 Å². The van der Waals surface area contributed by atoms with Gasteiger partial charge in [-0.25, -0.2) is 0 Å². The molecule has 1 aliphatic heterocycles. The quantitative estimate of drug-likeness (QED) is 0.445. The predicted octanol–water partition coefficient (Wildman–Crippen LogP) is 4.11. The van der Waals surface area contributed by atoms with E-state index in [4.69, 9.17) is 5.73 Å². The summed E-state index contributed by atoms with van der Waals surface area (Å²) in [6.45, 7) is 2.13. The van der Waals surface area contributed by atoms with Crippen LogP contribution in [0.1, 0.15) is 75.5 Å². The molecule has 0 bridgehead atoms. The van der Waals surface area contributed by atoms with E-state index < -0.39 is 18.1 Å². The number of nitrogens with two attached hydrogens (primary N) is 1. The number of carbonyl (C=O) groups is 3. The molecule has 1 saturated heterocycles. The van der Waals surface area contributed by atoms with E-state index in [1.807, 2.05) is 60.7 Å². The van der Waals surface area contributed by atoms with Gasteiger partial charge in [-0.15, -0.1) is 12.4 Å². The molecule has 1 saturated carbocycles. The molecule has 3 amide bonds. The van der Waals surface area contributed by atoms with Gasteiger partial charge >= 0.3 is 0 Å². The Morgan fingerprint density at radius 1 is 0.868 bits per heavy atom. The Hall–Kier alpha value is -2.90. The Balaban J connectivity index is 0.00000400. The van der Waals surface area contributed by atoms with Crippen molar-refractivity contribution in [3.05, 3.63) is 71.8 Å². The molecular weight excluding hydrogens is 500 g/mol. The molecule has 0 radical (unpaired) electrons. The summed E-state index contributed by atoms with van der Waals surface area (Å²) in [5, 5.41) is 6.12. The van der Waals surface area contributed by atoms with Gasteiger partial charge in [0.15, 0.2) is 0 Å². The van der Waals surface area contributed by atoms with Crippen LogP contribution in [-0.2, 0) is 14.4 Å². The summed E-state index contributed by atoms with van der Waals surface area (Å²) in [6, 6.07) is 17.5. The highest BCUT2D eigenvalue weighted by Gasteiger charge is 2.39. The maximum Gasteiger partial charge on any atom is 0.245 e. The van der Waals surface area contributed by atoms with Crippen LogP contribution in [0.5, 0.6) is 0 Å². The first kappa shape index (κ1) is 29.7. The molecular formula is C30H41ClN4O3. The lowest BCUT2D eigenvalue weighted by Crippen LogP contribution is -2.56. The number of carbonyl (C=O) groups excluding carboxylic acids is 3. The van der Waals surface area contributed by atoms with E-state index in [-0.39, 0.29) is 36.2 Å². The van der Waals surface area contributed by atoms with Crippen molar-refractivity contribution in [3.63, 3.8) is 0 Å². The van der Waals surface area contributed by atoms with Gasteiger partial charge in [0.05, 0.1) is 12.1 Å². The summed E-state index contributed by atoms with van der Waals surface area (Å²) in [4.78, 5) is 41.6. The fourth-order valence-electron chi connectivity index (χ4n) is 5.67. The monoisotopic (exact) mass is 540 g/mol. The maximum atomic E-state index is 13.8. The minimum Gasteiger partial charge on any atom is -0.343 e. The molecule has 0 aromatic heterocycles. The van der Waals surface area contributed by atoms with Crippen LogP contribution in [0.4, 0.5) is 0 Å². The Labute approximate surface area is 232 Å². The predicted molar refractivity (Wildman–Crippen MR) is 152 cm³/mol. The van der Waals surface area contributed by atoms with Gasteiger partial charge in [0.2, 0.25) is 17.7 Å². The van der Waals surface area contributed by atoms with E-state index in [0.29, 0.717) is 25.3 Å². The standard InChI is InChI=1S/C30H40N4O3.ClH/c1-21(31)28(35)32-25(20-22-12-5-2-6-13-22)30(37)34-19-11-18-26(34)29(36)33-27(23-14-7-3-8-15-23)24-16-9-4-10-17-24;/h3-4,7-10,14-17,21-22,25-27H,2,5-6,11-13,18-20,31H2,1H3,(H,32,35)(H,33,36);1H/t21-,25-,26-;/m0./s1. The average molecular weight is 541 g/mol. The first-order valence-corrected chi connectivity index (χ1v) is 13.7. The SMILES string of the molecule is C[C@H](N)C(=O)N[C@@H](CC1CCCCC1)C(=O)N1CCC[C@H]1C(=O)NC(c1ccccc1)c1ccccc1.Cl. The molecule has 0 spiro atoms. The number of hydrogen-bond donors (Lipinski definition) is 3. The molecule has 1 heterocycles. The molecule has 8 heteroatoms. The molecule has 2 fully saturated rings. The molecule has 1 aliphatic carbocycles. The van der Waals surface area contributed by atoms with E-state index in [9.17, 15) is 14.4 Å². The third kappa shape index (κ3) is 7.58. The van der Waals surface area contributed by atoms with Crippen LogP contribution < -0.4 is 16.4 Å². The Bertz CT molecular complexity index is 1000. The summed E-state index contributed by atoms with van der Waals surface area (Å²) in [5.74, 6) is -0.277. The molecule has 38 heavy (non-hydrogen) atoms. The summed E-state index contributed by atoms with van der Waals surface area (Å²) in [7, 11) is 0. The number of rotatable bonds is 9. The van der Waals surface area contributed by atoms with E-state index in [1.165, 1.54) is 6.42 Å². The number of benzene rings is 2. The zero-order valence-electron chi connectivity index (χ0n) is 22.2. The van der Waals surface area contributed by atoms with E-state index >= 15 is 0 Å². The molecule has 2 aromatic carbocycles. The summed E-state index contributed by atoms with van der Waals surface area (Å²) in [6.07, 6.45) is 7.62. The normalized spacial score (nSPS) is 19.3. The van der Waals surface area contributed by atoms with Crippen LogP contribution in [0.3, 0.4) is 0 Å². The average Bonchev–Trinajstić information content (AvgIpc) is 3.42. The van der Waals surface area contributed by atoms with Crippen LogP contribution in [0.2, 0.25) is 0 Å². The highest BCUT2D eigenvalue weighted by atomic mass is 35.5. The van der Waals surface area contributed by atoms with Gasteiger partial charge in [-0.2, -0.15) is 0 Å². The third-order valence-corrected chi connectivity index (χ3v) is 7.71. The number of likely N-dealkylation sites (tertiary alicyclic amines) is 1. The molecule has 3 atom stereocenters. The van der Waals surface area contributed by atoms with Gasteiger partial charge in [0.1, 0.15) is 12.1 Å². The largest absolute Gasteiger partial charge is 0.343 e. The zero-order chi connectivity index (χ0) is 26.2. The summed E-state index contributed by atoms with van der Waals surface area (Å²) < 4.78 is 0. The van der Waals surface area contributed by atoms with Crippen molar-refractivity contribution in [3.8, 4) is 0 Å². The Morgan fingerprint density at radius 2 is 1.45 bits per heavy atom. The molecule has 7 nitrogen and oxygen atoms in total. The lowest BCUT2D eigenvalue weighted by Gasteiger charge is -2.32. The molecule has 206 valence electrons. The van der Waals surface area contributed by atoms with Crippen molar-refractivity contribution in [2.24, 2.45) is 11.7 Å². The Morgan fingerprint density at radius 3 is 2.00 bits per heavy atom. The van der Waals surface area contributed by atoms with Gasteiger partial charge in [-0.3, -0.25) is 14.4 Å². The first-order chi connectivity index (χ1) is 17.9. The maximum absolute atomic E-state index is 13.8. The lowest BCUT2D eigenvalue weighted by atomic mass is 9.84. The fourth-order valence-corrected chi connectivity index (χ4v) is 5.67. The van der Waals surface area contributed by atoms with E-state index in [2.05, 4.69) is 10.6 Å². The van der Waals surface area contributed by atoms with Crippen molar-refractivity contribution in [1.82, 2.24) is 15.5 Å². The molecule has 2 aromatic rings. The smallest absolute Gasteiger partial charge is 0.245 e. The summed E-state index contributed by atoms with van der Waals surface area (Å²) >= 11 is 0. The van der Waals surface area contributed by atoms with Crippen LogP contribution in [-0.4, -0.2) is 47.3 Å². The number of hydrogen-bond acceptors (Lipinski definition) is 4. The van der Waals surface area contributed by atoms with Gasteiger partial charge in [-0.05, 0) is 43.2 Å². The summed E-state index contributed by atoms with van der Waals surface area (Å²) in [5.41, 5.74) is 7.78. The second kappa shape index (κ2) is 14.3. The zero-order valence-corrected chi connectivity index (χ0v) is 23.0. The van der Waals surface area contributed by atoms with Gasteiger partial charge in [0.25, 0.3) is 0 Å². The van der Waals surface area contributed by atoms with Gasteiger partial charge in [0, 0.05) is 6.54 Å². The first-order valence-electron chi connectivity index (χ1n) is 13.7. The van der Waals surface area contributed by atoms with Gasteiger partial charge < -0.3 is 21.3 Å². The molecule has 4 rings (SSSR count). The van der Waals surface area contributed by atoms with E-state index in [1.54, 1.807) is 11.8 Å². The van der Waals surface area contributed by atoms with Crippen molar-refractivity contribution in [2.45, 2.75) is 82.5 Å². The Kier molecular flexibility index (Phi) is 11.2. The molecule has 0 unspecified atom stereocenters. The topological polar surface area (TPSA) is 105 Å². The van der Waals surface area contributed by atoms with Crippen LogP contribution in [0.25, 0.3) is 0 Å². The molecule has 4 N–H and O–H groups in total. The number of nitrogens with one attached hydrogen (secondary N) is 2. The van der Waals surface area contributed by atoms with Crippen molar-refractivity contribution >= 4 is 30.1 Å². The van der Waals surface area contributed by atoms with Crippen molar-refractivity contribution in [1.29, 1.82) is 0 Å². The number of nitrogens with zero attached hydrogens (tertiary/aromatic N) is 1. The van der Waals surface area contributed by atoms with Crippen molar-refractivity contribution < 1.29 is 14.4 Å². The number of halogens is 1. The lowest BCUT2D eigenvalue weighted by molar-refractivity contribution is -0.142. The highest BCUT2D eigenvalue weighted by molar-refractivity contribution is 5.93. The third-order valence-electron chi connectivity index (χ3n) is 7.71. The van der Waals surface area contributed by atoms with Gasteiger partial charge in [-0.1, -0.05) is 92.8 Å². The number of amides is 3. The van der Waals surface area contributed by atoms with Crippen LogP contribution in [0, 0.1) is 5.92 Å². The highest BCUT2D eigenvalue weighted by Crippen LogP contribution is 2.29. The fraction of sp³-hybridized carbons (Fsp3) is 0.500. The van der Waals surface area contributed by atoms with Crippen molar-refractivity contribution in [2.75, 3.05) is 6.54 Å². The second-order valence-corrected chi connectivity index (χ2v) is 10.5. The minimum absolute atomic E-state index is 0. The minimum atomic E-state index is -0.697. The second-order valence-electron chi connectivity index (χ2n) is 10.5.